The maximum absolute atomic E-state index is 14.0. The fraction of sp³-hybridized carbons (Fsp3) is 0.583. The van der Waals surface area contributed by atoms with Crippen LogP contribution in [0.3, 0.4) is 0 Å². The second kappa shape index (κ2) is 11.9. The SMILES string of the molecule is C1CCC1.COc1cnc(Nc2cc(NC3CCC3)c(C(=O)NC[C@@H](F)C(C)(C)O)cn2)nc1. The molecule has 2 heterocycles. The second-order valence-electron chi connectivity index (χ2n) is 9.20. The molecule has 2 aromatic heterocycles. The number of anilines is 3. The number of methoxy groups -OCH3 is 1. The molecule has 1 amide bonds. The van der Waals surface area contributed by atoms with E-state index in [0.717, 1.165) is 19.3 Å². The molecule has 2 aliphatic rings. The van der Waals surface area contributed by atoms with Crippen molar-refractivity contribution in [3.63, 3.8) is 0 Å². The van der Waals surface area contributed by atoms with Crippen LogP contribution in [0.2, 0.25) is 0 Å². The van der Waals surface area contributed by atoms with Crippen molar-refractivity contribution >= 4 is 23.4 Å². The minimum atomic E-state index is -1.59. The molecule has 0 aromatic carbocycles. The Hall–Kier alpha value is -3.01. The number of alkyl halides is 1. The highest BCUT2D eigenvalue weighted by Crippen LogP contribution is 2.27. The number of ether oxygens (including phenoxy) is 1. The number of pyridine rings is 1. The van der Waals surface area contributed by atoms with Crippen LogP contribution in [0.25, 0.3) is 0 Å². The third-order valence-corrected chi connectivity index (χ3v) is 5.93. The van der Waals surface area contributed by atoms with Crippen molar-refractivity contribution in [2.45, 2.75) is 76.6 Å². The number of nitrogens with one attached hydrogen (secondary N) is 3. The molecule has 186 valence electrons. The van der Waals surface area contributed by atoms with Crippen LogP contribution >= 0.6 is 0 Å². The lowest BCUT2D eigenvalue weighted by Crippen LogP contribution is -2.42. The van der Waals surface area contributed by atoms with Gasteiger partial charge in [-0.2, -0.15) is 0 Å². The van der Waals surface area contributed by atoms with Gasteiger partial charge >= 0.3 is 0 Å². The van der Waals surface area contributed by atoms with Gasteiger partial charge in [-0.05, 0) is 33.1 Å². The third-order valence-electron chi connectivity index (χ3n) is 5.93. The van der Waals surface area contributed by atoms with Crippen LogP contribution in [0.1, 0.15) is 69.2 Å². The molecule has 34 heavy (non-hydrogen) atoms. The van der Waals surface area contributed by atoms with Crippen molar-refractivity contribution in [3.8, 4) is 5.75 Å². The second-order valence-corrected chi connectivity index (χ2v) is 9.20. The average molecular weight is 475 g/mol. The van der Waals surface area contributed by atoms with Crippen LogP contribution in [-0.2, 0) is 0 Å². The van der Waals surface area contributed by atoms with Crippen molar-refractivity contribution in [2.75, 3.05) is 24.3 Å². The summed E-state index contributed by atoms with van der Waals surface area (Å²) in [6.45, 7) is 2.41. The van der Waals surface area contributed by atoms with Gasteiger partial charge in [0.25, 0.3) is 5.91 Å². The highest BCUT2D eigenvalue weighted by Gasteiger charge is 2.27. The summed E-state index contributed by atoms with van der Waals surface area (Å²) < 4.78 is 19.0. The van der Waals surface area contributed by atoms with E-state index in [1.54, 1.807) is 6.07 Å². The first kappa shape index (κ1) is 25.6. The molecule has 0 radical (unpaired) electrons. The lowest BCUT2D eigenvalue weighted by Gasteiger charge is -2.28. The van der Waals surface area contributed by atoms with E-state index in [1.807, 2.05) is 0 Å². The standard InChI is InChI=1S/C20H27FN6O3.C4H8/c1-20(2,29)16(21)11-23-18(28)14-10-22-17(7-15(14)26-12-5-4-6-12)27-19-24-8-13(30-3)9-25-19;1-2-4-3-1/h7-10,12,16,29H,4-6,11H2,1-3H3,(H,23,28)(H2,22,24,25,26,27);1-4H2/t16-;/m1./s1. The zero-order chi connectivity index (χ0) is 24.6. The Morgan fingerprint density at radius 1 is 1.15 bits per heavy atom. The minimum absolute atomic E-state index is 0.273. The van der Waals surface area contributed by atoms with E-state index in [0.29, 0.717) is 28.8 Å². The normalized spacial score (nSPS) is 16.1. The Kier molecular flexibility index (Phi) is 8.98. The Labute approximate surface area is 200 Å². The quantitative estimate of drug-likeness (QED) is 0.431. The Morgan fingerprint density at radius 3 is 2.29 bits per heavy atom. The van der Waals surface area contributed by atoms with Gasteiger partial charge in [-0.25, -0.2) is 19.3 Å². The summed E-state index contributed by atoms with van der Waals surface area (Å²) in [5, 5.41) is 18.6. The molecule has 2 aromatic rings. The zero-order valence-corrected chi connectivity index (χ0v) is 20.1. The molecule has 9 nitrogen and oxygen atoms in total. The Morgan fingerprint density at radius 2 is 1.79 bits per heavy atom. The van der Waals surface area contributed by atoms with E-state index in [2.05, 4.69) is 30.9 Å². The monoisotopic (exact) mass is 474 g/mol. The molecule has 0 unspecified atom stereocenters. The third kappa shape index (κ3) is 7.51. The van der Waals surface area contributed by atoms with Gasteiger partial charge in [-0.15, -0.1) is 0 Å². The fourth-order valence-corrected chi connectivity index (χ4v) is 2.97. The number of carbonyl (C=O) groups excluding carboxylic acids is 1. The number of amides is 1. The van der Waals surface area contributed by atoms with E-state index in [1.165, 1.54) is 65.2 Å². The van der Waals surface area contributed by atoms with E-state index in [4.69, 9.17) is 4.74 Å². The van der Waals surface area contributed by atoms with Crippen molar-refractivity contribution in [1.82, 2.24) is 20.3 Å². The summed E-state index contributed by atoms with van der Waals surface area (Å²) in [7, 11) is 1.53. The van der Waals surface area contributed by atoms with Crippen molar-refractivity contribution in [2.24, 2.45) is 0 Å². The molecule has 2 fully saturated rings. The van der Waals surface area contributed by atoms with E-state index < -0.39 is 17.7 Å². The summed E-state index contributed by atoms with van der Waals surface area (Å²) in [5.41, 5.74) is -0.655. The molecule has 0 spiro atoms. The molecular weight excluding hydrogens is 439 g/mol. The van der Waals surface area contributed by atoms with Crippen molar-refractivity contribution in [3.05, 3.63) is 30.2 Å². The van der Waals surface area contributed by atoms with Gasteiger partial charge in [-0.3, -0.25) is 4.79 Å². The fourth-order valence-electron chi connectivity index (χ4n) is 2.97. The Bertz CT molecular complexity index is 923. The van der Waals surface area contributed by atoms with E-state index in [-0.39, 0.29) is 12.6 Å². The first-order valence-corrected chi connectivity index (χ1v) is 11.8. The van der Waals surface area contributed by atoms with Crippen LogP contribution in [-0.4, -0.2) is 57.4 Å². The summed E-state index contributed by atoms with van der Waals surface area (Å²) in [6, 6.07) is 1.97. The van der Waals surface area contributed by atoms with Gasteiger partial charge in [0.05, 0.1) is 42.9 Å². The number of halogens is 1. The molecule has 0 saturated heterocycles. The number of hydrogen-bond acceptors (Lipinski definition) is 8. The lowest BCUT2D eigenvalue weighted by molar-refractivity contribution is -0.00177. The highest BCUT2D eigenvalue weighted by molar-refractivity contribution is 5.99. The number of carbonyl (C=O) groups is 1. The largest absolute Gasteiger partial charge is 0.494 e. The van der Waals surface area contributed by atoms with Gasteiger partial charge in [0.15, 0.2) is 5.75 Å². The van der Waals surface area contributed by atoms with E-state index in [9.17, 15) is 14.3 Å². The van der Waals surface area contributed by atoms with Crippen LogP contribution in [0.15, 0.2) is 24.7 Å². The first-order valence-electron chi connectivity index (χ1n) is 11.8. The molecular formula is C24H35FN6O3. The van der Waals surface area contributed by atoms with Gasteiger partial charge < -0.3 is 25.8 Å². The average Bonchev–Trinajstić information content (AvgIpc) is 2.73. The number of aromatic nitrogens is 3. The summed E-state index contributed by atoms with van der Waals surface area (Å²) in [4.78, 5) is 25.2. The highest BCUT2D eigenvalue weighted by atomic mass is 19.1. The maximum Gasteiger partial charge on any atom is 0.255 e. The molecule has 2 aliphatic carbocycles. The van der Waals surface area contributed by atoms with Crippen LogP contribution < -0.4 is 20.7 Å². The lowest BCUT2D eigenvalue weighted by atomic mass is 9.92. The van der Waals surface area contributed by atoms with Crippen molar-refractivity contribution in [1.29, 1.82) is 0 Å². The minimum Gasteiger partial charge on any atom is -0.494 e. The molecule has 10 heteroatoms. The predicted octanol–water partition coefficient (Wildman–Crippen LogP) is 3.99. The number of rotatable bonds is 9. The van der Waals surface area contributed by atoms with Gasteiger partial charge in [-0.1, -0.05) is 25.7 Å². The summed E-state index contributed by atoms with van der Waals surface area (Å²) in [5.74, 6) is 0.854. The predicted molar refractivity (Wildman–Crippen MR) is 129 cm³/mol. The Balaban J connectivity index is 0.000000732. The van der Waals surface area contributed by atoms with Crippen molar-refractivity contribution < 1.29 is 19.0 Å². The zero-order valence-electron chi connectivity index (χ0n) is 20.1. The summed E-state index contributed by atoms with van der Waals surface area (Å²) >= 11 is 0. The molecule has 0 aliphatic heterocycles. The van der Waals surface area contributed by atoms with Gasteiger partial charge in [0.1, 0.15) is 12.0 Å². The van der Waals surface area contributed by atoms with E-state index >= 15 is 0 Å². The van der Waals surface area contributed by atoms with Crippen LogP contribution in [0.4, 0.5) is 21.8 Å². The number of aliphatic hydroxyl groups is 1. The maximum atomic E-state index is 14.0. The smallest absolute Gasteiger partial charge is 0.255 e. The topological polar surface area (TPSA) is 121 Å². The number of nitrogens with zero attached hydrogens (tertiary/aromatic N) is 3. The first-order chi connectivity index (χ1) is 16.3. The van der Waals surface area contributed by atoms with Crippen LogP contribution in [0, 0.1) is 0 Å². The molecule has 4 rings (SSSR count). The molecule has 0 bridgehead atoms. The van der Waals surface area contributed by atoms with Gasteiger partial charge in [0.2, 0.25) is 5.95 Å². The molecule has 2 saturated carbocycles. The summed E-state index contributed by atoms with van der Waals surface area (Å²) in [6.07, 6.45) is 12.0. The number of hydrogen-bond donors (Lipinski definition) is 4. The van der Waals surface area contributed by atoms with Gasteiger partial charge in [0, 0.05) is 18.3 Å². The molecule has 1 atom stereocenters. The molecule has 4 N–H and O–H groups in total. The van der Waals surface area contributed by atoms with Crippen LogP contribution in [0.5, 0.6) is 5.75 Å².